The molecule has 1 heterocycles. The molecule has 0 N–H and O–H groups in total. The number of halogens is 1. The number of fused-ring (bicyclic) bond motifs is 1. The first kappa shape index (κ1) is 15.9. The van der Waals surface area contributed by atoms with Gasteiger partial charge in [-0.1, -0.05) is 71.9 Å². The number of unbranched alkanes of at least 4 members (excludes halogenated alkanes) is 6. The van der Waals surface area contributed by atoms with E-state index in [-0.39, 0.29) is 0 Å². The summed E-state index contributed by atoms with van der Waals surface area (Å²) in [6.45, 7) is 0. The number of aromatic nitrogens is 1. The second kappa shape index (κ2) is 9.46. The predicted molar refractivity (Wildman–Crippen MR) is 90.8 cm³/mol. The Morgan fingerprint density at radius 3 is 2.40 bits per heavy atom. The highest BCUT2D eigenvalue weighted by Gasteiger charge is 2.04. The summed E-state index contributed by atoms with van der Waals surface area (Å²) in [4.78, 5) is 4.47. The van der Waals surface area contributed by atoms with Crippen LogP contribution in [-0.2, 0) is 0 Å². The average Bonchev–Trinajstić information content (AvgIpc) is 2.88. The Bertz CT molecular complexity index is 467. The van der Waals surface area contributed by atoms with Crippen LogP contribution in [0.25, 0.3) is 11.1 Å². The lowest BCUT2D eigenvalue weighted by molar-refractivity contribution is 0.489. The molecular weight excluding hydrogens is 334 g/mol. The average molecular weight is 356 g/mol. The van der Waals surface area contributed by atoms with Gasteiger partial charge in [0.15, 0.2) is 5.58 Å². The van der Waals surface area contributed by atoms with Crippen LogP contribution >= 0.6 is 27.7 Å². The van der Waals surface area contributed by atoms with Gasteiger partial charge < -0.3 is 4.42 Å². The van der Waals surface area contributed by atoms with Crippen LogP contribution in [0.2, 0.25) is 0 Å². The number of thioether (sulfide) groups is 1. The molecule has 0 bridgehead atoms. The first-order valence-corrected chi connectivity index (χ1v) is 9.55. The number of oxazole rings is 1. The Kier molecular flexibility index (Phi) is 7.52. The standard InChI is InChI=1S/C16H22BrNOS/c17-12-8-4-2-1-3-5-9-13-20-16-18-14-10-6-7-11-15(14)19-16/h6-7,10-11H,1-5,8-9,12-13H2. The largest absolute Gasteiger partial charge is 0.431 e. The summed E-state index contributed by atoms with van der Waals surface area (Å²) in [7, 11) is 0. The molecule has 0 aliphatic carbocycles. The molecule has 0 spiro atoms. The van der Waals surface area contributed by atoms with Crippen molar-refractivity contribution in [3.63, 3.8) is 0 Å². The predicted octanol–water partition coefficient (Wildman–Crippen LogP) is 6.05. The third-order valence-electron chi connectivity index (χ3n) is 3.28. The molecule has 1 aromatic carbocycles. The van der Waals surface area contributed by atoms with Crippen molar-refractivity contribution in [1.82, 2.24) is 4.98 Å². The van der Waals surface area contributed by atoms with Crippen molar-refractivity contribution < 1.29 is 4.42 Å². The number of benzene rings is 1. The highest BCUT2D eigenvalue weighted by molar-refractivity contribution is 9.09. The van der Waals surface area contributed by atoms with Gasteiger partial charge in [-0.05, 0) is 25.0 Å². The fraction of sp³-hybridized carbons (Fsp3) is 0.562. The zero-order valence-corrected chi connectivity index (χ0v) is 14.2. The van der Waals surface area contributed by atoms with Crippen LogP contribution in [-0.4, -0.2) is 16.1 Å². The zero-order valence-electron chi connectivity index (χ0n) is 11.8. The molecule has 0 saturated carbocycles. The van der Waals surface area contributed by atoms with Crippen LogP contribution in [0.15, 0.2) is 33.9 Å². The quantitative estimate of drug-likeness (QED) is 0.295. The summed E-state index contributed by atoms with van der Waals surface area (Å²) >= 11 is 5.20. The van der Waals surface area contributed by atoms with E-state index in [1.807, 2.05) is 24.3 Å². The summed E-state index contributed by atoms with van der Waals surface area (Å²) in [6.07, 6.45) is 9.36. The zero-order chi connectivity index (χ0) is 14.0. The van der Waals surface area contributed by atoms with Gasteiger partial charge in [0.2, 0.25) is 0 Å². The molecule has 0 amide bonds. The third-order valence-corrected chi connectivity index (χ3v) is 4.75. The maximum atomic E-state index is 5.69. The van der Waals surface area contributed by atoms with Gasteiger partial charge >= 0.3 is 0 Å². The lowest BCUT2D eigenvalue weighted by Crippen LogP contribution is -1.84. The van der Waals surface area contributed by atoms with Gasteiger partial charge in [0.25, 0.3) is 5.22 Å². The number of nitrogens with zero attached hydrogens (tertiary/aromatic N) is 1. The number of alkyl halides is 1. The molecule has 1 aromatic heterocycles. The minimum absolute atomic E-state index is 0.809. The molecule has 0 aliphatic heterocycles. The van der Waals surface area contributed by atoms with Crippen molar-refractivity contribution in [2.75, 3.05) is 11.1 Å². The minimum atomic E-state index is 0.809. The van der Waals surface area contributed by atoms with Crippen LogP contribution in [0.1, 0.15) is 44.9 Å². The van der Waals surface area contributed by atoms with Crippen LogP contribution in [0, 0.1) is 0 Å². The lowest BCUT2D eigenvalue weighted by Gasteiger charge is -2.00. The monoisotopic (exact) mass is 355 g/mol. The van der Waals surface area contributed by atoms with Gasteiger partial charge in [-0.3, -0.25) is 0 Å². The molecule has 0 radical (unpaired) electrons. The number of hydrogen-bond donors (Lipinski definition) is 0. The van der Waals surface area contributed by atoms with Crippen LogP contribution in [0.4, 0.5) is 0 Å². The molecule has 0 fully saturated rings. The Hall–Kier alpha value is -0.480. The highest BCUT2D eigenvalue weighted by Crippen LogP contribution is 2.24. The van der Waals surface area contributed by atoms with Gasteiger partial charge in [-0.25, -0.2) is 4.98 Å². The normalized spacial score (nSPS) is 11.2. The maximum Gasteiger partial charge on any atom is 0.256 e. The second-order valence-electron chi connectivity index (χ2n) is 4.96. The van der Waals surface area contributed by atoms with E-state index in [1.54, 1.807) is 11.8 Å². The molecule has 0 unspecified atom stereocenters. The van der Waals surface area contributed by atoms with E-state index in [0.29, 0.717) is 0 Å². The number of rotatable bonds is 10. The smallest absolute Gasteiger partial charge is 0.256 e. The summed E-state index contributed by atoms with van der Waals surface area (Å²) < 4.78 is 5.69. The second-order valence-corrected chi connectivity index (χ2v) is 6.80. The van der Waals surface area contributed by atoms with Crippen molar-refractivity contribution in [3.05, 3.63) is 24.3 Å². The SMILES string of the molecule is BrCCCCCCCCCSc1nc2ccccc2o1. The van der Waals surface area contributed by atoms with Gasteiger partial charge in [0.1, 0.15) is 5.52 Å². The molecule has 0 saturated heterocycles. The van der Waals surface area contributed by atoms with E-state index >= 15 is 0 Å². The molecule has 2 nitrogen and oxygen atoms in total. The summed E-state index contributed by atoms with van der Waals surface area (Å²) in [5.41, 5.74) is 1.85. The summed E-state index contributed by atoms with van der Waals surface area (Å²) in [5, 5.41) is 1.96. The fourth-order valence-corrected chi connectivity index (χ4v) is 3.38. The van der Waals surface area contributed by atoms with Gasteiger partial charge in [0.05, 0.1) is 0 Å². The summed E-state index contributed by atoms with van der Waals surface area (Å²) in [6, 6.07) is 7.95. The van der Waals surface area contributed by atoms with Crippen molar-refractivity contribution >= 4 is 38.8 Å². The van der Waals surface area contributed by atoms with E-state index in [1.165, 1.54) is 44.9 Å². The van der Waals surface area contributed by atoms with Gasteiger partial charge in [-0.2, -0.15) is 0 Å². The first-order chi connectivity index (χ1) is 9.90. The third kappa shape index (κ3) is 5.49. The molecule has 0 aliphatic rings. The molecule has 2 rings (SSSR count). The van der Waals surface area contributed by atoms with Gasteiger partial charge in [-0.15, -0.1) is 0 Å². The topological polar surface area (TPSA) is 26.0 Å². The van der Waals surface area contributed by atoms with E-state index in [9.17, 15) is 0 Å². The Balaban J connectivity index is 1.55. The van der Waals surface area contributed by atoms with Crippen LogP contribution in [0.5, 0.6) is 0 Å². The van der Waals surface area contributed by atoms with Crippen molar-refractivity contribution in [1.29, 1.82) is 0 Å². The van der Waals surface area contributed by atoms with E-state index in [4.69, 9.17) is 4.42 Å². The van der Waals surface area contributed by atoms with Crippen molar-refractivity contribution in [2.24, 2.45) is 0 Å². The molecular formula is C16H22BrNOS. The molecule has 20 heavy (non-hydrogen) atoms. The van der Waals surface area contributed by atoms with E-state index in [2.05, 4.69) is 20.9 Å². The Labute approximate surface area is 133 Å². The van der Waals surface area contributed by atoms with Gasteiger partial charge in [0, 0.05) is 11.1 Å². The lowest BCUT2D eigenvalue weighted by atomic mass is 10.1. The van der Waals surface area contributed by atoms with Crippen LogP contribution in [0.3, 0.4) is 0 Å². The molecule has 2 aromatic rings. The summed E-state index contributed by atoms with van der Waals surface area (Å²) in [5.74, 6) is 1.11. The minimum Gasteiger partial charge on any atom is -0.431 e. The Morgan fingerprint density at radius 2 is 1.65 bits per heavy atom. The number of hydrogen-bond acceptors (Lipinski definition) is 3. The number of para-hydroxylation sites is 2. The maximum absolute atomic E-state index is 5.69. The van der Waals surface area contributed by atoms with Crippen LogP contribution < -0.4 is 0 Å². The molecule has 0 atom stereocenters. The first-order valence-electron chi connectivity index (χ1n) is 7.44. The highest BCUT2D eigenvalue weighted by atomic mass is 79.9. The molecule has 110 valence electrons. The van der Waals surface area contributed by atoms with Crippen molar-refractivity contribution in [3.8, 4) is 0 Å². The Morgan fingerprint density at radius 1 is 0.950 bits per heavy atom. The fourth-order valence-electron chi connectivity index (χ4n) is 2.15. The molecule has 4 heteroatoms. The van der Waals surface area contributed by atoms with E-state index in [0.717, 1.165) is 27.4 Å². The van der Waals surface area contributed by atoms with Crippen molar-refractivity contribution in [2.45, 2.75) is 50.2 Å². The van der Waals surface area contributed by atoms with E-state index < -0.39 is 0 Å².